The number of aromatic amines is 1. The van der Waals surface area contributed by atoms with Crippen molar-refractivity contribution < 1.29 is 18.1 Å². The highest BCUT2D eigenvalue weighted by molar-refractivity contribution is 7.90. The summed E-state index contributed by atoms with van der Waals surface area (Å²) in [4.78, 5) is 11.0. The maximum atomic E-state index is 14.0. The number of hydrogen-bond acceptors (Lipinski definition) is 5. The molecular formula is C41H39N4O3S+. The van der Waals surface area contributed by atoms with E-state index in [9.17, 15) is 8.42 Å². The summed E-state index contributed by atoms with van der Waals surface area (Å²) < 4.78 is 35.2. The lowest BCUT2D eigenvalue weighted by Gasteiger charge is -2.56. The number of morpholine rings is 1. The van der Waals surface area contributed by atoms with Crippen LogP contribution in [0.5, 0.6) is 0 Å². The van der Waals surface area contributed by atoms with E-state index < -0.39 is 10.0 Å². The van der Waals surface area contributed by atoms with E-state index in [0.29, 0.717) is 23.8 Å². The molecule has 0 radical (unpaired) electrons. The van der Waals surface area contributed by atoms with Crippen molar-refractivity contribution in [3.63, 3.8) is 0 Å². The van der Waals surface area contributed by atoms with Crippen LogP contribution in [0.1, 0.15) is 36.0 Å². The maximum Gasteiger partial charge on any atom is 0.335 e. The number of aryl methyl sites for hydroxylation is 3. The minimum absolute atomic E-state index is 0.246. The predicted octanol–water partition coefficient (Wildman–Crippen LogP) is 7.12. The number of pyridine rings is 2. The maximum absolute atomic E-state index is 14.0. The number of H-pyrrole nitrogens is 1. The lowest BCUT2D eigenvalue weighted by Crippen LogP contribution is -2.66. The molecule has 5 heterocycles. The number of aromatic nitrogens is 3. The topological polar surface area (TPSA) is 78.6 Å². The fourth-order valence-electron chi connectivity index (χ4n) is 8.35. The first-order valence-electron chi connectivity index (χ1n) is 17.3. The van der Waals surface area contributed by atoms with Crippen molar-refractivity contribution in [1.29, 1.82) is 0 Å². The highest BCUT2D eigenvalue weighted by Crippen LogP contribution is 2.39. The van der Waals surface area contributed by atoms with E-state index in [0.717, 1.165) is 70.5 Å². The molecule has 3 aromatic heterocycles. The highest BCUT2D eigenvalue weighted by Gasteiger charge is 2.45. The summed E-state index contributed by atoms with van der Waals surface area (Å²) in [5.74, 6) is 0. The Bertz CT molecular complexity index is 2290. The molecule has 6 aromatic rings. The molecule has 1 N–H and O–H groups in total. The van der Waals surface area contributed by atoms with E-state index in [2.05, 4.69) is 76.4 Å². The van der Waals surface area contributed by atoms with E-state index in [4.69, 9.17) is 4.74 Å². The molecule has 7 nitrogen and oxygen atoms in total. The Hall–Kier alpha value is -4.63. The summed E-state index contributed by atoms with van der Waals surface area (Å²) in [5, 5.41) is 0.848. The van der Waals surface area contributed by atoms with Crippen LogP contribution in [0.15, 0.2) is 114 Å². The van der Waals surface area contributed by atoms with E-state index in [1.165, 1.54) is 34.4 Å². The predicted molar refractivity (Wildman–Crippen MR) is 192 cm³/mol. The Morgan fingerprint density at radius 2 is 1.51 bits per heavy atom. The normalized spacial score (nSPS) is 20.8. The summed E-state index contributed by atoms with van der Waals surface area (Å²) in [7, 11) is -3.86. The van der Waals surface area contributed by atoms with Crippen LogP contribution in [0.2, 0.25) is 0 Å². The summed E-state index contributed by atoms with van der Waals surface area (Å²) in [6.07, 6.45) is 11.3. The third-order valence-corrected chi connectivity index (χ3v) is 12.6. The van der Waals surface area contributed by atoms with Crippen molar-refractivity contribution in [2.24, 2.45) is 0 Å². The van der Waals surface area contributed by atoms with Gasteiger partial charge in [-0.3, -0.25) is 9.88 Å². The zero-order chi connectivity index (χ0) is 33.1. The van der Waals surface area contributed by atoms with Gasteiger partial charge in [-0.1, -0.05) is 66.7 Å². The molecule has 2 saturated heterocycles. The molecule has 2 fully saturated rings. The van der Waals surface area contributed by atoms with Gasteiger partial charge in [-0.15, -0.1) is 3.97 Å². The third kappa shape index (κ3) is 5.30. The first-order valence-corrected chi connectivity index (χ1v) is 18.8. The van der Waals surface area contributed by atoms with Crippen molar-refractivity contribution >= 4 is 21.1 Å². The number of fused-ring (bicyclic) bond motifs is 4. The standard InChI is InChI=1S/C41H38N4O3S/c1-27-6-5-19-42-40(27)30-12-10-29(11-13-30)39-24-44(49(46,47)37-7-3-2-4-8-37)41-38(39)21-33(23-43-41)32-14-9-28-15-17-34(18-16-31(28)20-32)45-35-22-36(45)26-48-25-35/h2-14,19-21,23-24,34-36H,15-18,22,25-26H2,1H3/p+1/t34-,35?,36?/m0/s1. The SMILES string of the molecule is Cc1cccnc1-c1ccc(-c2cn(S(=O)(=O)c3ccccc3)c3[nH+]cc(-c4ccc5c(c4)CC[C@@H](N4C6COCC4C6)CC5)cc23)cc1. The lowest BCUT2D eigenvalue weighted by atomic mass is 9.87. The van der Waals surface area contributed by atoms with Gasteiger partial charge in [-0.05, 0) is 91.1 Å². The van der Waals surface area contributed by atoms with Gasteiger partial charge in [0.1, 0.15) is 11.1 Å². The number of hydrogen-bond donors (Lipinski definition) is 0. The van der Waals surface area contributed by atoms with Crippen molar-refractivity contribution in [1.82, 2.24) is 13.9 Å². The second kappa shape index (κ2) is 12.1. The lowest BCUT2D eigenvalue weighted by molar-refractivity contribution is -0.347. The van der Waals surface area contributed by atoms with Gasteiger partial charge in [0.2, 0.25) is 0 Å². The molecule has 0 saturated carbocycles. The second-order valence-corrected chi connectivity index (χ2v) is 15.6. The number of nitrogens with zero attached hydrogens (tertiary/aromatic N) is 3. The summed E-state index contributed by atoms with van der Waals surface area (Å²) >= 11 is 0. The van der Waals surface area contributed by atoms with Crippen molar-refractivity contribution in [2.45, 2.75) is 62.0 Å². The minimum atomic E-state index is -3.86. The molecule has 8 heteroatoms. The second-order valence-electron chi connectivity index (χ2n) is 13.8. The molecule has 1 aliphatic carbocycles. The van der Waals surface area contributed by atoms with Crippen LogP contribution in [0, 0.1) is 6.92 Å². The van der Waals surface area contributed by atoms with Gasteiger partial charge in [0, 0.05) is 41.0 Å². The quantitative estimate of drug-likeness (QED) is 0.177. The van der Waals surface area contributed by atoms with Crippen LogP contribution in [-0.4, -0.2) is 53.6 Å². The largest absolute Gasteiger partial charge is 0.378 e. The number of nitrogens with one attached hydrogen (secondary N) is 1. The fraction of sp³-hybridized carbons (Fsp3) is 0.268. The van der Waals surface area contributed by atoms with E-state index in [1.54, 1.807) is 30.5 Å². The smallest absolute Gasteiger partial charge is 0.335 e. The van der Waals surface area contributed by atoms with Crippen molar-refractivity contribution in [3.8, 4) is 33.5 Å². The molecule has 0 amide bonds. The number of ether oxygens (including phenoxy) is 1. The first-order chi connectivity index (χ1) is 23.9. The molecule has 0 spiro atoms. The molecule has 2 bridgehead atoms. The van der Waals surface area contributed by atoms with Crippen LogP contribution in [0.4, 0.5) is 0 Å². The molecule has 3 atom stereocenters. The highest BCUT2D eigenvalue weighted by atomic mass is 32.2. The van der Waals surface area contributed by atoms with Gasteiger partial charge in [-0.2, -0.15) is 8.42 Å². The Labute approximate surface area is 287 Å². The van der Waals surface area contributed by atoms with Gasteiger partial charge in [-0.25, -0.2) is 4.98 Å². The van der Waals surface area contributed by atoms with Gasteiger partial charge >= 0.3 is 15.7 Å². The van der Waals surface area contributed by atoms with Gasteiger partial charge in [0.05, 0.1) is 30.5 Å². The Balaban J connectivity index is 1.10. The van der Waals surface area contributed by atoms with E-state index in [1.807, 2.05) is 24.5 Å². The molecule has 3 aromatic carbocycles. The zero-order valence-corrected chi connectivity index (χ0v) is 28.4. The van der Waals surface area contributed by atoms with Crippen molar-refractivity contribution in [3.05, 3.63) is 126 Å². The van der Waals surface area contributed by atoms with Crippen LogP contribution >= 0.6 is 0 Å². The first kappa shape index (κ1) is 30.4. The minimum Gasteiger partial charge on any atom is -0.378 e. The molecular weight excluding hydrogens is 629 g/mol. The molecule has 2 unspecified atom stereocenters. The Morgan fingerprint density at radius 1 is 0.776 bits per heavy atom. The number of benzene rings is 3. The van der Waals surface area contributed by atoms with Gasteiger partial charge < -0.3 is 4.74 Å². The van der Waals surface area contributed by atoms with Gasteiger partial charge in [0.15, 0.2) is 0 Å². The summed E-state index contributed by atoms with van der Waals surface area (Å²) in [5.41, 5.74) is 10.4. The number of rotatable bonds is 6. The van der Waals surface area contributed by atoms with E-state index in [-0.39, 0.29) is 4.90 Å². The molecule has 3 aliphatic rings. The average molecular weight is 668 g/mol. The van der Waals surface area contributed by atoms with Crippen molar-refractivity contribution in [2.75, 3.05) is 13.2 Å². The molecule has 246 valence electrons. The average Bonchev–Trinajstić information content (AvgIpc) is 3.41. The van der Waals surface area contributed by atoms with Crippen LogP contribution < -0.4 is 4.98 Å². The van der Waals surface area contributed by atoms with E-state index >= 15 is 0 Å². The monoisotopic (exact) mass is 667 g/mol. The fourth-order valence-corrected chi connectivity index (χ4v) is 9.71. The zero-order valence-electron chi connectivity index (χ0n) is 27.5. The molecule has 2 aliphatic heterocycles. The Morgan fingerprint density at radius 3 is 2.27 bits per heavy atom. The third-order valence-electron chi connectivity index (χ3n) is 10.9. The molecule has 9 rings (SSSR count). The van der Waals surface area contributed by atoms with Crippen LogP contribution in [0.25, 0.3) is 44.5 Å². The van der Waals surface area contributed by atoms with Gasteiger partial charge in [0.25, 0.3) is 0 Å². The Kier molecular flexibility index (Phi) is 7.49. The summed E-state index contributed by atoms with van der Waals surface area (Å²) in [6, 6.07) is 31.7. The van der Waals surface area contributed by atoms with Crippen LogP contribution in [-0.2, 0) is 27.6 Å². The summed E-state index contributed by atoms with van der Waals surface area (Å²) in [6.45, 7) is 3.82. The molecule has 49 heavy (non-hydrogen) atoms. The van der Waals surface area contributed by atoms with Crippen LogP contribution in [0.3, 0.4) is 0 Å².